The van der Waals surface area contributed by atoms with Crippen LogP contribution in [0.3, 0.4) is 0 Å². The molecule has 2 heterocycles. The number of aliphatic imine (C=N–C) groups is 1. The third-order valence-corrected chi connectivity index (χ3v) is 5.83. The zero-order valence-corrected chi connectivity index (χ0v) is 18.6. The zero-order chi connectivity index (χ0) is 23.0. The number of aliphatic hydroxyl groups is 2. The molecule has 170 valence electrons. The van der Waals surface area contributed by atoms with Crippen molar-refractivity contribution in [2.45, 2.75) is 13.0 Å². The molecule has 2 aliphatic rings. The molecule has 0 spiro atoms. The minimum atomic E-state index is -0.312. The summed E-state index contributed by atoms with van der Waals surface area (Å²) in [5.41, 5.74) is 5.06. The van der Waals surface area contributed by atoms with Gasteiger partial charge in [-0.15, -0.1) is 0 Å². The fourth-order valence-corrected chi connectivity index (χ4v) is 3.87. The summed E-state index contributed by atoms with van der Waals surface area (Å²) in [7, 11) is 0. The summed E-state index contributed by atoms with van der Waals surface area (Å²) in [6.07, 6.45) is 2.03. The number of rotatable bonds is 6. The van der Waals surface area contributed by atoms with E-state index in [-0.39, 0.29) is 18.3 Å². The van der Waals surface area contributed by atoms with Gasteiger partial charge in [-0.3, -0.25) is 4.90 Å². The molecule has 33 heavy (non-hydrogen) atoms. The van der Waals surface area contributed by atoms with Crippen LogP contribution in [0.4, 0.5) is 0 Å². The summed E-state index contributed by atoms with van der Waals surface area (Å²) in [5, 5.41) is 22.8. The second-order valence-electron chi connectivity index (χ2n) is 8.23. The Kier molecular flexibility index (Phi) is 7.59. The number of nitrogens with zero attached hydrogens (tertiary/aromatic N) is 2. The molecule has 2 aromatic carbocycles. The minimum Gasteiger partial charge on any atom is -0.504 e. The zero-order valence-electron chi connectivity index (χ0n) is 18.6. The van der Waals surface area contributed by atoms with Crippen molar-refractivity contribution in [3.8, 4) is 11.8 Å². The molecular formula is C27H29N3O3. The van der Waals surface area contributed by atoms with E-state index in [0.717, 1.165) is 49.5 Å². The molecular weight excluding hydrogens is 414 g/mol. The van der Waals surface area contributed by atoms with Crippen LogP contribution < -0.4 is 5.32 Å². The number of nitrogens with one attached hydrogen (secondary N) is 1. The molecule has 3 N–H and O–H groups in total. The van der Waals surface area contributed by atoms with Gasteiger partial charge in [-0.25, -0.2) is 4.99 Å². The van der Waals surface area contributed by atoms with Crippen molar-refractivity contribution in [1.29, 1.82) is 0 Å². The van der Waals surface area contributed by atoms with Crippen LogP contribution in [0.15, 0.2) is 77.3 Å². The molecule has 1 unspecified atom stereocenters. The lowest BCUT2D eigenvalue weighted by Crippen LogP contribution is -2.35. The first-order chi connectivity index (χ1) is 16.1. The molecule has 4 rings (SSSR count). The molecule has 1 saturated heterocycles. The minimum absolute atomic E-state index is 0.00463. The first-order valence-electron chi connectivity index (χ1n) is 11.1. The highest BCUT2D eigenvalue weighted by molar-refractivity contribution is 5.64. The van der Waals surface area contributed by atoms with Gasteiger partial charge in [-0.2, -0.15) is 0 Å². The maximum Gasteiger partial charge on any atom is 0.160 e. The largest absolute Gasteiger partial charge is 0.504 e. The van der Waals surface area contributed by atoms with Gasteiger partial charge < -0.3 is 20.3 Å². The van der Waals surface area contributed by atoms with Gasteiger partial charge >= 0.3 is 0 Å². The molecule has 0 saturated carbocycles. The Morgan fingerprint density at radius 1 is 1.00 bits per heavy atom. The van der Waals surface area contributed by atoms with Crippen molar-refractivity contribution < 1.29 is 14.9 Å². The molecule has 0 radical (unpaired) electrons. The standard InChI is InChI=1S/C27H29N3O3/c1-20-27(32)26(29-19-28-20)25(18-31)16-23-8-4-21(5-9-23)2-3-22-6-10-24(11-7-22)17-30-12-14-33-15-13-30/h4-11,19,25,31-32H,1,12-18H2,(H,28,29). The summed E-state index contributed by atoms with van der Waals surface area (Å²) in [4.78, 5) is 6.59. The Balaban J connectivity index is 1.36. The van der Waals surface area contributed by atoms with Gasteiger partial charge in [0.05, 0.1) is 37.6 Å². The van der Waals surface area contributed by atoms with Gasteiger partial charge in [0.15, 0.2) is 5.76 Å². The Morgan fingerprint density at radius 3 is 2.21 bits per heavy atom. The monoisotopic (exact) mass is 443 g/mol. The number of aliphatic hydroxyl groups excluding tert-OH is 2. The SMILES string of the molecule is C=C1NC=NC(C(CO)Cc2ccc(C#Cc3ccc(CN4CCOCC4)cc3)cc2)=C1O. The van der Waals surface area contributed by atoms with Crippen molar-refractivity contribution >= 4 is 6.34 Å². The van der Waals surface area contributed by atoms with Crippen LogP contribution in [0, 0.1) is 17.8 Å². The molecule has 6 nitrogen and oxygen atoms in total. The molecule has 0 aliphatic carbocycles. The number of ether oxygens (including phenoxy) is 1. The van der Waals surface area contributed by atoms with E-state index >= 15 is 0 Å². The van der Waals surface area contributed by atoms with Gasteiger partial charge in [0.25, 0.3) is 0 Å². The van der Waals surface area contributed by atoms with Crippen molar-refractivity contribution in [1.82, 2.24) is 10.2 Å². The third kappa shape index (κ3) is 6.11. The molecule has 1 atom stereocenters. The Hall–Kier alpha value is -3.37. The molecule has 0 bridgehead atoms. The number of hydrogen-bond acceptors (Lipinski definition) is 6. The van der Waals surface area contributed by atoms with Crippen LogP contribution in [0.1, 0.15) is 22.3 Å². The molecule has 1 fully saturated rings. The summed E-state index contributed by atoms with van der Waals surface area (Å²) in [6.45, 7) is 8.15. The van der Waals surface area contributed by atoms with E-state index in [9.17, 15) is 10.2 Å². The average molecular weight is 444 g/mol. The summed E-state index contributed by atoms with van der Waals surface area (Å²) >= 11 is 0. The third-order valence-electron chi connectivity index (χ3n) is 5.83. The lowest BCUT2D eigenvalue weighted by molar-refractivity contribution is 0.0342. The Bertz CT molecular complexity index is 1090. The molecule has 2 aromatic rings. The first kappa shape index (κ1) is 22.8. The van der Waals surface area contributed by atoms with Crippen LogP contribution in [-0.2, 0) is 17.7 Å². The van der Waals surface area contributed by atoms with Crippen LogP contribution in [0.2, 0.25) is 0 Å². The summed E-state index contributed by atoms with van der Waals surface area (Å²) in [5.74, 6) is 6.12. The van der Waals surface area contributed by atoms with Crippen molar-refractivity contribution in [3.05, 3.63) is 94.5 Å². The van der Waals surface area contributed by atoms with E-state index in [0.29, 0.717) is 17.8 Å². The van der Waals surface area contributed by atoms with E-state index in [2.05, 4.69) is 57.9 Å². The summed E-state index contributed by atoms with van der Waals surface area (Å²) < 4.78 is 5.40. The van der Waals surface area contributed by atoms with E-state index in [1.165, 1.54) is 11.9 Å². The lowest BCUT2D eigenvalue weighted by Gasteiger charge is -2.26. The van der Waals surface area contributed by atoms with Crippen molar-refractivity contribution in [2.75, 3.05) is 32.9 Å². The smallest absolute Gasteiger partial charge is 0.160 e. The van der Waals surface area contributed by atoms with E-state index in [1.54, 1.807) is 0 Å². The van der Waals surface area contributed by atoms with E-state index in [4.69, 9.17) is 4.74 Å². The van der Waals surface area contributed by atoms with E-state index < -0.39 is 0 Å². The topological polar surface area (TPSA) is 77.3 Å². The molecule has 2 aliphatic heterocycles. The van der Waals surface area contributed by atoms with E-state index in [1.807, 2.05) is 24.3 Å². The van der Waals surface area contributed by atoms with Crippen LogP contribution in [0.5, 0.6) is 0 Å². The average Bonchev–Trinajstić information content (AvgIpc) is 2.85. The van der Waals surface area contributed by atoms with Crippen LogP contribution >= 0.6 is 0 Å². The fourth-order valence-electron chi connectivity index (χ4n) is 3.87. The Morgan fingerprint density at radius 2 is 1.61 bits per heavy atom. The van der Waals surface area contributed by atoms with Crippen molar-refractivity contribution in [3.63, 3.8) is 0 Å². The fraction of sp³-hybridized carbons (Fsp3) is 0.296. The summed E-state index contributed by atoms with van der Waals surface area (Å²) in [6, 6.07) is 16.3. The van der Waals surface area contributed by atoms with Gasteiger partial charge in [0.2, 0.25) is 0 Å². The first-order valence-corrected chi connectivity index (χ1v) is 11.1. The number of benzene rings is 2. The predicted molar refractivity (Wildman–Crippen MR) is 130 cm³/mol. The molecule has 0 aromatic heterocycles. The molecule has 0 amide bonds. The predicted octanol–water partition coefficient (Wildman–Crippen LogP) is 2.98. The second-order valence-corrected chi connectivity index (χ2v) is 8.23. The highest BCUT2D eigenvalue weighted by Crippen LogP contribution is 2.24. The van der Waals surface area contributed by atoms with Crippen LogP contribution in [0.25, 0.3) is 0 Å². The normalized spacial score (nSPS) is 17.3. The lowest BCUT2D eigenvalue weighted by atomic mass is 9.95. The number of hydrogen-bond donors (Lipinski definition) is 3. The quantitative estimate of drug-likeness (QED) is 0.599. The van der Waals surface area contributed by atoms with Gasteiger partial charge in [0, 0.05) is 36.7 Å². The van der Waals surface area contributed by atoms with Crippen molar-refractivity contribution in [2.24, 2.45) is 10.9 Å². The highest BCUT2D eigenvalue weighted by Gasteiger charge is 2.21. The maximum atomic E-state index is 10.2. The van der Waals surface area contributed by atoms with Gasteiger partial charge in [-0.1, -0.05) is 42.7 Å². The van der Waals surface area contributed by atoms with Gasteiger partial charge in [0.1, 0.15) is 0 Å². The second kappa shape index (κ2) is 11.0. The maximum absolute atomic E-state index is 10.2. The van der Waals surface area contributed by atoms with Gasteiger partial charge in [-0.05, 0) is 41.8 Å². The molecule has 6 heteroatoms. The van der Waals surface area contributed by atoms with Crippen LogP contribution in [-0.4, -0.2) is 54.4 Å². The highest BCUT2D eigenvalue weighted by atomic mass is 16.5. The Labute approximate surface area is 194 Å². The number of morpholine rings is 1.